The molecule has 1 saturated heterocycles. The number of aromatic nitrogens is 3. The lowest BCUT2D eigenvalue weighted by Crippen LogP contribution is -2.35. The number of nitrogens with zero attached hydrogens (tertiary/aromatic N) is 3. The minimum absolute atomic E-state index is 0.317. The first kappa shape index (κ1) is 16.1. The minimum Gasteiger partial charge on any atom is -0.497 e. The van der Waals surface area contributed by atoms with Gasteiger partial charge in [0.2, 0.25) is 0 Å². The van der Waals surface area contributed by atoms with Gasteiger partial charge in [-0.05, 0) is 62.5 Å². The Labute approximate surface area is 148 Å². The number of fused-ring (bicyclic) bond motifs is 1. The fourth-order valence-electron chi connectivity index (χ4n) is 3.90. The molecule has 1 N–H and O–H groups in total. The normalized spacial score (nSPS) is 17.7. The second kappa shape index (κ2) is 6.84. The second-order valence-corrected chi connectivity index (χ2v) is 6.77. The van der Waals surface area contributed by atoms with Crippen LogP contribution in [0.15, 0.2) is 43.0 Å². The number of piperidine rings is 1. The van der Waals surface area contributed by atoms with E-state index in [0.29, 0.717) is 12.0 Å². The van der Waals surface area contributed by atoms with Crippen LogP contribution in [0.3, 0.4) is 0 Å². The van der Waals surface area contributed by atoms with Gasteiger partial charge in [0.15, 0.2) is 0 Å². The van der Waals surface area contributed by atoms with Crippen LogP contribution in [0.1, 0.15) is 43.0 Å². The van der Waals surface area contributed by atoms with Crippen molar-refractivity contribution < 1.29 is 4.74 Å². The van der Waals surface area contributed by atoms with Crippen LogP contribution >= 0.6 is 0 Å². The van der Waals surface area contributed by atoms with Crippen LogP contribution in [0.5, 0.6) is 5.75 Å². The largest absolute Gasteiger partial charge is 0.497 e. The van der Waals surface area contributed by atoms with Crippen LogP contribution in [0.4, 0.5) is 0 Å². The van der Waals surface area contributed by atoms with Gasteiger partial charge in [-0.2, -0.15) is 0 Å². The first-order chi connectivity index (χ1) is 12.3. The monoisotopic (exact) mass is 336 g/mol. The van der Waals surface area contributed by atoms with Gasteiger partial charge in [0.1, 0.15) is 5.75 Å². The predicted molar refractivity (Wildman–Crippen MR) is 98.8 cm³/mol. The maximum absolute atomic E-state index is 5.40. The highest BCUT2D eigenvalue weighted by Crippen LogP contribution is 2.36. The molecular weight excluding hydrogens is 312 g/mol. The number of ether oxygens (including phenoxy) is 1. The third-order valence-corrected chi connectivity index (χ3v) is 5.45. The molecular formula is C20H24N4O. The number of H-pyrrole nitrogens is 1. The molecule has 1 aliphatic heterocycles. The van der Waals surface area contributed by atoms with Crippen molar-refractivity contribution >= 4 is 10.9 Å². The van der Waals surface area contributed by atoms with Crippen molar-refractivity contribution in [3.05, 3.63) is 54.2 Å². The van der Waals surface area contributed by atoms with E-state index in [1.807, 2.05) is 12.3 Å². The van der Waals surface area contributed by atoms with Crippen LogP contribution in [-0.4, -0.2) is 40.1 Å². The van der Waals surface area contributed by atoms with Crippen molar-refractivity contribution in [1.82, 2.24) is 19.9 Å². The summed E-state index contributed by atoms with van der Waals surface area (Å²) in [5, 5.41) is 1.29. The number of rotatable bonds is 4. The van der Waals surface area contributed by atoms with Crippen LogP contribution in [0.25, 0.3) is 10.9 Å². The van der Waals surface area contributed by atoms with Crippen molar-refractivity contribution in [2.45, 2.75) is 31.7 Å². The van der Waals surface area contributed by atoms with E-state index in [-0.39, 0.29) is 0 Å². The van der Waals surface area contributed by atoms with Crippen molar-refractivity contribution in [1.29, 1.82) is 0 Å². The van der Waals surface area contributed by atoms with E-state index in [1.165, 1.54) is 16.5 Å². The SMILES string of the molecule is COc1ccc2[nH]cc(C3CCN([C@@H](C)c4cnccn4)CC3)c2c1. The highest BCUT2D eigenvalue weighted by Gasteiger charge is 2.26. The average molecular weight is 336 g/mol. The molecule has 0 radical (unpaired) electrons. The van der Waals surface area contributed by atoms with E-state index in [1.54, 1.807) is 19.5 Å². The summed E-state index contributed by atoms with van der Waals surface area (Å²) in [6.07, 6.45) is 9.88. The number of nitrogens with one attached hydrogen (secondary N) is 1. The maximum Gasteiger partial charge on any atom is 0.119 e. The molecule has 3 aromatic rings. The topological polar surface area (TPSA) is 54.0 Å². The summed E-state index contributed by atoms with van der Waals surface area (Å²) < 4.78 is 5.40. The molecule has 5 heteroatoms. The number of likely N-dealkylation sites (tertiary alicyclic amines) is 1. The Morgan fingerprint density at radius 2 is 2.08 bits per heavy atom. The third-order valence-electron chi connectivity index (χ3n) is 5.45. The Morgan fingerprint density at radius 3 is 2.80 bits per heavy atom. The fraction of sp³-hybridized carbons (Fsp3) is 0.400. The number of hydrogen-bond acceptors (Lipinski definition) is 4. The molecule has 0 spiro atoms. The molecule has 1 atom stereocenters. The maximum atomic E-state index is 5.40. The van der Waals surface area contributed by atoms with Crippen molar-refractivity contribution in [3.63, 3.8) is 0 Å². The zero-order valence-corrected chi connectivity index (χ0v) is 14.8. The minimum atomic E-state index is 0.317. The second-order valence-electron chi connectivity index (χ2n) is 6.77. The van der Waals surface area contributed by atoms with Crippen LogP contribution in [-0.2, 0) is 0 Å². The van der Waals surface area contributed by atoms with Crippen molar-refractivity contribution in [2.24, 2.45) is 0 Å². The molecule has 0 aliphatic carbocycles. The van der Waals surface area contributed by atoms with Gasteiger partial charge < -0.3 is 9.72 Å². The Balaban J connectivity index is 1.49. The molecule has 5 nitrogen and oxygen atoms in total. The third kappa shape index (κ3) is 3.12. The van der Waals surface area contributed by atoms with Crippen molar-refractivity contribution in [3.8, 4) is 5.75 Å². The van der Waals surface area contributed by atoms with Gasteiger partial charge in [-0.25, -0.2) is 0 Å². The number of aromatic amines is 1. The number of benzene rings is 1. The molecule has 2 aromatic heterocycles. The summed E-state index contributed by atoms with van der Waals surface area (Å²) >= 11 is 0. The fourth-order valence-corrected chi connectivity index (χ4v) is 3.90. The first-order valence-electron chi connectivity index (χ1n) is 8.91. The van der Waals surface area contributed by atoms with Gasteiger partial charge in [-0.1, -0.05) is 0 Å². The Bertz CT molecular complexity index is 837. The summed E-state index contributed by atoms with van der Waals surface area (Å²) in [5.74, 6) is 1.51. The summed E-state index contributed by atoms with van der Waals surface area (Å²) in [6, 6.07) is 6.57. The standard InChI is InChI=1S/C20H24N4O/c1-14(20-13-21-7-8-22-20)24-9-5-15(6-10-24)18-12-23-19-4-3-16(25-2)11-17(18)19/h3-4,7-8,11-15,23H,5-6,9-10H2,1-2H3/t14-/m0/s1. The van der Waals surface area contributed by atoms with Crippen LogP contribution in [0, 0.1) is 0 Å². The lowest BCUT2D eigenvalue weighted by Gasteiger charge is -2.35. The van der Waals surface area contributed by atoms with E-state index in [2.05, 4.69) is 45.1 Å². The number of methoxy groups -OCH3 is 1. The lowest BCUT2D eigenvalue weighted by molar-refractivity contribution is 0.160. The molecule has 1 aromatic carbocycles. The van der Waals surface area contributed by atoms with Gasteiger partial charge in [0.25, 0.3) is 0 Å². The van der Waals surface area contributed by atoms with E-state index in [0.717, 1.165) is 37.4 Å². The summed E-state index contributed by atoms with van der Waals surface area (Å²) in [5.41, 5.74) is 3.66. The highest BCUT2D eigenvalue weighted by molar-refractivity contribution is 5.85. The van der Waals surface area contributed by atoms with Gasteiger partial charge in [-0.3, -0.25) is 14.9 Å². The van der Waals surface area contributed by atoms with Gasteiger partial charge in [0.05, 0.1) is 18.8 Å². The molecule has 130 valence electrons. The van der Waals surface area contributed by atoms with Crippen molar-refractivity contribution in [2.75, 3.05) is 20.2 Å². The first-order valence-corrected chi connectivity index (χ1v) is 8.91. The highest BCUT2D eigenvalue weighted by atomic mass is 16.5. The molecule has 0 saturated carbocycles. The van der Waals surface area contributed by atoms with Gasteiger partial charge >= 0.3 is 0 Å². The van der Waals surface area contributed by atoms with E-state index >= 15 is 0 Å². The molecule has 4 rings (SSSR count). The van der Waals surface area contributed by atoms with Crippen LogP contribution in [0.2, 0.25) is 0 Å². The average Bonchev–Trinajstić information content (AvgIpc) is 3.11. The Hall–Kier alpha value is -2.40. The summed E-state index contributed by atoms with van der Waals surface area (Å²) in [4.78, 5) is 14.6. The quantitative estimate of drug-likeness (QED) is 0.785. The molecule has 25 heavy (non-hydrogen) atoms. The van der Waals surface area contributed by atoms with E-state index < -0.39 is 0 Å². The van der Waals surface area contributed by atoms with E-state index in [9.17, 15) is 0 Å². The zero-order chi connectivity index (χ0) is 17.2. The molecule has 1 aliphatic rings. The summed E-state index contributed by atoms with van der Waals surface area (Å²) in [6.45, 7) is 4.39. The Kier molecular flexibility index (Phi) is 4.40. The molecule has 1 fully saturated rings. The van der Waals surface area contributed by atoms with E-state index in [4.69, 9.17) is 4.74 Å². The molecule has 0 unspecified atom stereocenters. The lowest BCUT2D eigenvalue weighted by atomic mass is 9.88. The summed E-state index contributed by atoms with van der Waals surface area (Å²) in [7, 11) is 1.72. The number of hydrogen-bond donors (Lipinski definition) is 1. The Morgan fingerprint density at radius 1 is 1.24 bits per heavy atom. The zero-order valence-electron chi connectivity index (χ0n) is 14.8. The van der Waals surface area contributed by atoms with Gasteiger partial charge in [0, 0.05) is 35.7 Å². The molecule has 0 amide bonds. The predicted octanol–water partition coefficient (Wildman–Crippen LogP) is 3.91. The van der Waals surface area contributed by atoms with Gasteiger partial charge in [-0.15, -0.1) is 0 Å². The smallest absolute Gasteiger partial charge is 0.119 e. The van der Waals surface area contributed by atoms with Crippen LogP contribution < -0.4 is 4.74 Å². The molecule has 3 heterocycles. The molecule has 0 bridgehead atoms.